The molecule has 298 valence electrons. The maximum atomic E-state index is 12.8. The number of aromatic amines is 2. The van der Waals surface area contributed by atoms with Gasteiger partial charge in [0.2, 0.25) is 0 Å². The number of likely N-dealkylation sites (tertiary alicyclic amines) is 2. The van der Waals surface area contributed by atoms with Crippen LogP contribution in [-0.2, 0) is 9.59 Å². The number of H-pyrrole nitrogens is 2. The van der Waals surface area contributed by atoms with Gasteiger partial charge in [0.15, 0.2) is 24.9 Å². The van der Waals surface area contributed by atoms with Crippen LogP contribution in [0.5, 0.6) is 11.5 Å². The fourth-order valence-corrected chi connectivity index (χ4v) is 7.06. The molecular weight excluding hydrogens is 741 g/mol. The number of nitrogens with zero attached hydrogens (tertiary/aromatic N) is 7. The summed E-state index contributed by atoms with van der Waals surface area (Å²) in [4.78, 5) is 49.0. The van der Waals surface area contributed by atoms with E-state index in [0.29, 0.717) is 59.1 Å². The monoisotopic (exact) mass is 784 g/mol. The number of nitrogens with one attached hydrogen (secondary N) is 2. The average molecular weight is 785 g/mol. The number of hydrogen-bond acceptors (Lipinski definition) is 11. The van der Waals surface area contributed by atoms with Crippen molar-refractivity contribution in [2.24, 2.45) is 0 Å². The van der Waals surface area contributed by atoms with E-state index in [4.69, 9.17) is 15.2 Å². The molecule has 2 atom stereocenters. The predicted octanol–water partition coefficient (Wildman–Crippen LogP) is 6.70. The highest BCUT2D eigenvalue weighted by molar-refractivity contribution is 5.79. The first-order chi connectivity index (χ1) is 28.3. The van der Waals surface area contributed by atoms with E-state index in [1.165, 1.54) is 12.1 Å². The number of carbonyl (C=O) groups is 2. The van der Waals surface area contributed by atoms with Crippen LogP contribution in [0.25, 0.3) is 22.8 Å². The van der Waals surface area contributed by atoms with Crippen molar-refractivity contribution in [3.8, 4) is 34.3 Å². The van der Waals surface area contributed by atoms with Crippen molar-refractivity contribution < 1.29 is 24.0 Å². The molecule has 58 heavy (non-hydrogen) atoms. The van der Waals surface area contributed by atoms with Crippen LogP contribution in [0.15, 0.2) is 109 Å². The highest BCUT2D eigenvalue weighted by atomic mass is 16.6. The van der Waals surface area contributed by atoms with Crippen molar-refractivity contribution in [2.75, 3.05) is 32.0 Å². The summed E-state index contributed by atoms with van der Waals surface area (Å²) in [5.74, 6) is 3.40. The van der Waals surface area contributed by atoms with Gasteiger partial charge in [-0.25, -0.2) is 9.97 Å². The molecule has 0 unspecified atom stereocenters. The lowest BCUT2D eigenvalue weighted by Gasteiger charge is -2.34. The van der Waals surface area contributed by atoms with Crippen LogP contribution in [0.3, 0.4) is 0 Å². The summed E-state index contributed by atoms with van der Waals surface area (Å²) < 4.78 is 11.3. The highest BCUT2D eigenvalue weighted by Gasteiger charge is 2.32. The number of nitrogen functional groups attached to an aromatic ring is 1. The van der Waals surface area contributed by atoms with Gasteiger partial charge in [0, 0.05) is 42.0 Å². The maximum absolute atomic E-state index is 12.8. The quantitative estimate of drug-likeness (QED) is 0.0715. The Morgan fingerprint density at radius 3 is 1.64 bits per heavy atom. The first-order valence-electron chi connectivity index (χ1n) is 19.2. The van der Waals surface area contributed by atoms with E-state index in [-0.39, 0.29) is 42.8 Å². The van der Waals surface area contributed by atoms with Crippen LogP contribution < -0.4 is 15.2 Å². The summed E-state index contributed by atoms with van der Waals surface area (Å²) in [6, 6.07) is 31.9. The molecule has 8 rings (SSSR count). The third-order valence-corrected chi connectivity index (χ3v) is 9.95. The van der Waals surface area contributed by atoms with Crippen molar-refractivity contribution in [3.63, 3.8) is 0 Å². The Labute approximate surface area is 334 Å². The SMILES string of the molecule is Nc1cccc(-c2n[nH]c([C@H]3CCCCN3C(=O)COc3ccccc3)n2)c1.O=C(COc1ccccc1)N1CCCC[C@@H]1c1nc(-c2cccc([N+](=O)[O-])c2)n[nH]1. The molecule has 2 amide bonds. The van der Waals surface area contributed by atoms with Gasteiger partial charge in [-0.3, -0.25) is 29.9 Å². The van der Waals surface area contributed by atoms with Crippen molar-refractivity contribution in [1.29, 1.82) is 0 Å². The predicted molar refractivity (Wildman–Crippen MR) is 215 cm³/mol. The molecule has 0 aliphatic carbocycles. The Morgan fingerprint density at radius 1 is 0.672 bits per heavy atom. The fourth-order valence-electron chi connectivity index (χ4n) is 7.06. The average Bonchev–Trinajstić information content (AvgIpc) is 3.98. The van der Waals surface area contributed by atoms with E-state index in [2.05, 4.69) is 30.4 Å². The number of nitro groups is 1. The number of amides is 2. The number of nitrogens with two attached hydrogens (primary N) is 1. The van der Waals surface area contributed by atoms with E-state index in [1.807, 2.05) is 89.8 Å². The minimum Gasteiger partial charge on any atom is -0.484 e. The first-order valence-corrected chi connectivity index (χ1v) is 19.2. The van der Waals surface area contributed by atoms with Gasteiger partial charge in [-0.2, -0.15) is 10.2 Å². The standard InChI is InChI=1S/C21H21N5O4.C21H23N5O2/c27-19(14-30-17-9-2-1-3-10-17)25-12-5-4-11-18(25)21-22-20(23-24-21)15-7-6-8-16(13-15)26(28)29;22-16-8-6-7-15(13-16)20-23-21(25-24-20)18-11-4-5-12-26(18)19(27)14-28-17-9-2-1-3-10-17/h1-3,6-10,13,18H,4-5,11-12,14H2,(H,22,23,24);1-3,6-10,13,18H,4-5,11-12,14,22H2,(H,23,24,25)/t2*18-/m11/s1. The summed E-state index contributed by atoms with van der Waals surface area (Å²) in [7, 11) is 0. The number of aromatic nitrogens is 6. The number of nitro benzene ring substituents is 1. The zero-order valence-corrected chi connectivity index (χ0v) is 31.8. The zero-order valence-electron chi connectivity index (χ0n) is 31.8. The van der Waals surface area contributed by atoms with Gasteiger partial charge >= 0.3 is 0 Å². The number of hydrogen-bond donors (Lipinski definition) is 3. The number of non-ortho nitro benzene ring substituents is 1. The Kier molecular flexibility index (Phi) is 12.6. The molecule has 2 saturated heterocycles. The lowest BCUT2D eigenvalue weighted by molar-refractivity contribution is -0.384. The molecule has 2 aliphatic rings. The molecule has 0 spiro atoms. The normalized spacial score (nSPS) is 16.5. The Morgan fingerprint density at radius 2 is 1.16 bits per heavy atom. The molecule has 0 saturated carbocycles. The highest BCUT2D eigenvalue weighted by Crippen LogP contribution is 2.32. The number of benzene rings is 4. The van der Waals surface area contributed by atoms with E-state index >= 15 is 0 Å². The maximum Gasteiger partial charge on any atom is 0.270 e. The molecule has 0 bridgehead atoms. The van der Waals surface area contributed by atoms with E-state index in [1.54, 1.807) is 17.0 Å². The number of piperidine rings is 2. The lowest BCUT2D eigenvalue weighted by atomic mass is 10.0. The summed E-state index contributed by atoms with van der Waals surface area (Å²) >= 11 is 0. The van der Waals surface area contributed by atoms with E-state index < -0.39 is 4.92 Å². The number of anilines is 1. The molecular formula is C42H44N10O6. The first kappa shape index (κ1) is 39.1. The molecule has 4 heterocycles. The van der Waals surface area contributed by atoms with E-state index in [0.717, 1.165) is 44.1 Å². The van der Waals surface area contributed by atoms with Crippen LogP contribution >= 0.6 is 0 Å². The van der Waals surface area contributed by atoms with Gasteiger partial charge < -0.3 is 25.0 Å². The minimum absolute atomic E-state index is 0.0106. The van der Waals surface area contributed by atoms with Gasteiger partial charge in [0.05, 0.1) is 17.0 Å². The van der Waals surface area contributed by atoms with Gasteiger partial charge in [0.25, 0.3) is 17.5 Å². The second kappa shape index (κ2) is 18.7. The molecule has 2 fully saturated rings. The van der Waals surface area contributed by atoms with Crippen LogP contribution in [0.1, 0.15) is 62.3 Å². The van der Waals surface area contributed by atoms with Gasteiger partial charge in [-0.1, -0.05) is 60.7 Å². The molecule has 16 heteroatoms. The fraction of sp³-hybridized carbons (Fsp3) is 0.286. The molecule has 2 aromatic heterocycles. The molecule has 0 radical (unpaired) electrons. The number of carbonyl (C=O) groups excluding carboxylic acids is 2. The molecule has 4 N–H and O–H groups in total. The van der Waals surface area contributed by atoms with Gasteiger partial charge in [0.1, 0.15) is 23.1 Å². The van der Waals surface area contributed by atoms with Gasteiger partial charge in [-0.15, -0.1) is 0 Å². The Bertz CT molecular complexity index is 2300. The largest absolute Gasteiger partial charge is 0.484 e. The van der Waals surface area contributed by atoms with Crippen molar-refractivity contribution in [3.05, 3.63) is 131 Å². The summed E-state index contributed by atoms with van der Waals surface area (Å²) in [6.45, 7) is 1.27. The topological polar surface area (TPSA) is 211 Å². The van der Waals surface area contributed by atoms with Crippen LogP contribution in [0.2, 0.25) is 0 Å². The summed E-state index contributed by atoms with van der Waals surface area (Å²) in [6.07, 6.45) is 5.52. The second-order valence-electron chi connectivity index (χ2n) is 13.9. The number of para-hydroxylation sites is 2. The third kappa shape index (κ3) is 9.82. The second-order valence-corrected chi connectivity index (χ2v) is 13.9. The van der Waals surface area contributed by atoms with Crippen molar-refractivity contribution in [1.82, 2.24) is 40.2 Å². The van der Waals surface area contributed by atoms with Crippen molar-refractivity contribution >= 4 is 23.2 Å². The Hall–Kier alpha value is -7.10. The molecule has 2 aliphatic heterocycles. The number of ether oxygens (including phenoxy) is 2. The zero-order chi connectivity index (χ0) is 40.3. The number of rotatable bonds is 11. The van der Waals surface area contributed by atoms with Crippen LogP contribution in [0.4, 0.5) is 11.4 Å². The molecule has 16 nitrogen and oxygen atoms in total. The Balaban J connectivity index is 0.000000177. The van der Waals surface area contributed by atoms with E-state index in [9.17, 15) is 19.7 Å². The minimum atomic E-state index is -0.453. The molecule has 6 aromatic rings. The molecule has 4 aromatic carbocycles. The van der Waals surface area contributed by atoms with Crippen LogP contribution in [-0.4, -0.2) is 83.2 Å². The third-order valence-electron chi connectivity index (χ3n) is 9.95. The lowest BCUT2D eigenvalue weighted by Crippen LogP contribution is -2.41. The summed E-state index contributed by atoms with van der Waals surface area (Å²) in [5.41, 5.74) is 7.90. The van der Waals surface area contributed by atoms with Crippen LogP contribution in [0, 0.1) is 10.1 Å². The van der Waals surface area contributed by atoms with Crippen molar-refractivity contribution in [2.45, 2.75) is 50.6 Å². The van der Waals surface area contributed by atoms with Gasteiger partial charge in [-0.05, 0) is 74.9 Å². The summed E-state index contributed by atoms with van der Waals surface area (Å²) in [5, 5.41) is 25.5. The smallest absolute Gasteiger partial charge is 0.270 e.